The number of aryl methyl sites for hydroxylation is 1. The van der Waals surface area contributed by atoms with Crippen molar-refractivity contribution < 1.29 is 17.2 Å². The molecule has 1 aromatic carbocycles. The molecule has 3 nitrogen and oxygen atoms in total. The number of hydrogen-bond acceptors (Lipinski definition) is 3. The second-order valence-corrected chi connectivity index (χ2v) is 10.1. The second kappa shape index (κ2) is 8.86. The Labute approximate surface area is 163 Å². The summed E-state index contributed by atoms with van der Waals surface area (Å²) in [5.41, 5.74) is 9.61. The van der Waals surface area contributed by atoms with Gasteiger partial charge in [0.2, 0.25) is 5.92 Å². The van der Waals surface area contributed by atoms with E-state index in [9.17, 15) is 17.2 Å². The van der Waals surface area contributed by atoms with Gasteiger partial charge in [0.1, 0.15) is 7.85 Å². The molecule has 1 rings (SSSR count). The van der Waals surface area contributed by atoms with E-state index in [0.29, 0.717) is 23.9 Å². The van der Waals surface area contributed by atoms with Gasteiger partial charge in [-0.25, -0.2) is 17.2 Å². The lowest BCUT2D eigenvalue weighted by Crippen LogP contribution is -2.30. The van der Waals surface area contributed by atoms with Gasteiger partial charge in [0, 0.05) is 18.7 Å². The van der Waals surface area contributed by atoms with Crippen molar-refractivity contribution in [3.05, 3.63) is 35.4 Å². The molecular weight excluding hydrogens is 367 g/mol. The maximum Gasteiger partial charge on any atom is 0.246 e. The van der Waals surface area contributed by atoms with Gasteiger partial charge >= 0.3 is 0 Å². The van der Waals surface area contributed by atoms with Gasteiger partial charge in [-0.05, 0) is 61.8 Å². The van der Waals surface area contributed by atoms with Crippen LogP contribution in [-0.2, 0) is 16.3 Å². The summed E-state index contributed by atoms with van der Waals surface area (Å²) in [5, 5.41) is -0.597. The molecule has 0 heterocycles. The average Bonchev–Trinajstić information content (AvgIpc) is 2.50. The maximum atomic E-state index is 13.2. The Morgan fingerprint density at radius 1 is 1.33 bits per heavy atom. The van der Waals surface area contributed by atoms with Gasteiger partial charge in [0.05, 0.1) is 5.25 Å². The third-order valence-electron chi connectivity index (χ3n) is 5.19. The van der Waals surface area contributed by atoms with Crippen molar-refractivity contribution in [3.8, 4) is 0 Å². The van der Waals surface area contributed by atoms with Crippen molar-refractivity contribution in [2.24, 2.45) is 11.7 Å². The van der Waals surface area contributed by atoms with Crippen LogP contribution in [0.1, 0.15) is 50.3 Å². The molecule has 0 aromatic heterocycles. The normalized spacial score (nSPS) is 16.0. The highest BCUT2D eigenvalue weighted by atomic mass is 32.2. The lowest BCUT2D eigenvalue weighted by atomic mass is 9.78. The predicted molar refractivity (Wildman–Crippen MR) is 111 cm³/mol. The summed E-state index contributed by atoms with van der Waals surface area (Å²) in [6.45, 7) is 10.4. The maximum absolute atomic E-state index is 13.2. The summed E-state index contributed by atoms with van der Waals surface area (Å²) in [5.74, 6) is -3.13. The van der Waals surface area contributed by atoms with Crippen LogP contribution in [0.3, 0.4) is 0 Å². The fraction of sp³-hybridized carbons (Fsp3) is 0.600. The van der Waals surface area contributed by atoms with Crippen molar-refractivity contribution in [1.29, 1.82) is 0 Å². The molecule has 2 radical (unpaired) electrons. The molecule has 7 heteroatoms. The summed E-state index contributed by atoms with van der Waals surface area (Å²) in [6, 6.07) is 2.97. The monoisotopic (exact) mass is 397 g/mol. The van der Waals surface area contributed by atoms with Crippen molar-refractivity contribution in [2.45, 2.75) is 64.2 Å². The molecule has 3 unspecified atom stereocenters. The number of sulfone groups is 1. The molecule has 0 saturated carbocycles. The van der Waals surface area contributed by atoms with Crippen molar-refractivity contribution in [3.63, 3.8) is 0 Å². The first kappa shape index (κ1) is 23.8. The molecule has 0 aliphatic carbocycles. The number of allylic oxidation sites excluding steroid dienone is 1. The Morgan fingerprint density at radius 3 is 2.37 bits per heavy atom. The van der Waals surface area contributed by atoms with Gasteiger partial charge in [-0.15, -0.1) is 0 Å². The fourth-order valence-corrected chi connectivity index (χ4v) is 4.18. The molecule has 0 aliphatic rings. The van der Waals surface area contributed by atoms with E-state index < -0.39 is 33.5 Å². The van der Waals surface area contributed by atoms with Crippen molar-refractivity contribution in [1.82, 2.24) is 0 Å². The van der Waals surface area contributed by atoms with Gasteiger partial charge in [0.15, 0.2) is 9.84 Å². The molecule has 0 spiro atoms. The second-order valence-electron chi connectivity index (χ2n) is 7.75. The van der Waals surface area contributed by atoms with Crippen LogP contribution in [0.15, 0.2) is 18.7 Å². The number of rotatable bonds is 9. The highest BCUT2D eigenvalue weighted by molar-refractivity contribution is 7.91. The number of hydrogen-bond donors (Lipinski definition) is 1. The highest BCUT2D eigenvalue weighted by Gasteiger charge is 2.28. The zero-order valence-corrected chi connectivity index (χ0v) is 17.7. The minimum absolute atomic E-state index is 0.312. The van der Waals surface area contributed by atoms with Gasteiger partial charge in [0.25, 0.3) is 0 Å². The third-order valence-corrected chi connectivity index (χ3v) is 6.95. The quantitative estimate of drug-likeness (QED) is 0.652. The molecule has 2 N–H and O–H groups in total. The number of alkyl halides is 2. The van der Waals surface area contributed by atoms with Crippen LogP contribution < -0.4 is 11.2 Å². The Morgan fingerprint density at radius 2 is 1.89 bits per heavy atom. The molecule has 0 bridgehead atoms. The Bertz CT molecular complexity index is 788. The van der Waals surface area contributed by atoms with Crippen molar-refractivity contribution >= 4 is 28.7 Å². The van der Waals surface area contributed by atoms with Crippen LogP contribution in [-0.4, -0.2) is 39.7 Å². The van der Waals surface area contributed by atoms with Gasteiger partial charge < -0.3 is 5.73 Å². The van der Waals surface area contributed by atoms with Crippen LogP contribution in [0.25, 0.3) is 5.57 Å². The summed E-state index contributed by atoms with van der Waals surface area (Å²) in [6.07, 6.45) is 1.60. The summed E-state index contributed by atoms with van der Waals surface area (Å²) in [4.78, 5) is 0. The van der Waals surface area contributed by atoms with E-state index >= 15 is 0 Å². The van der Waals surface area contributed by atoms with Gasteiger partial charge in [-0.3, -0.25) is 0 Å². The molecule has 1 aromatic rings. The Kier molecular flexibility index (Phi) is 7.83. The number of halogens is 2. The Balaban J connectivity index is 3.18. The first-order valence-corrected chi connectivity index (χ1v) is 11.0. The first-order chi connectivity index (χ1) is 12.1. The van der Waals surface area contributed by atoms with Crippen LogP contribution >= 0.6 is 0 Å². The van der Waals surface area contributed by atoms with E-state index in [-0.39, 0.29) is 5.92 Å². The van der Waals surface area contributed by atoms with Crippen LogP contribution in [0.4, 0.5) is 8.78 Å². The molecule has 0 amide bonds. The molecular formula is C20H30BF2NO2S. The van der Waals surface area contributed by atoms with E-state index in [4.69, 9.17) is 13.6 Å². The van der Waals surface area contributed by atoms with Crippen molar-refractivity contribution in [2.75, 3.05) is 6.26 Å². The molecule has 3 atom stereocenters. The fourth-order valence-electron chi connectivity index (χ4n) is 3.27. The molecule has 150 valence electrons. The average molecular weight is 397 g/mol. The van der Waals surface area contributed by atoms with Gasteiger partial charge in [-0.2, -0.15) is 0 Å². The zero-order chi connectivity index (χ0) is 21.2. The smallest absolute Gasteiger partial charge is 0.246 e. The molecule has 0 aliphatic heterocycles. The van der Waals surface area contributed by atoms with Crippen LogP contribution in [0.2, 0.25) is 0 Å². The number of nitrogens with two attached hydrogens (primary N) is 1. The van der Waals surface area contributed by atoms with E-state index in [1.807, 2.05) is 19.9 Å². The topological polar surface area (TPSA) is 60.2 Å². The lowest BCUT2D eigenvalue weighted by Gasteiger charge is -2.26. The number of benzene rings is 1. The summed E-state index contributed by atoms with van der Waals surface area (Å²) < 4.78 is 50.2. The van der Waals surface area contributed by atoms with E-state index in [1.165, 1.54) is 6.26 Å². The predicted octanol–water partition coefficient (Wildman–Crippen LogP) is 3.18. The van der Waals surface area contributed by atoms with Crippen LogP contribution in [0, 0.1) is 12.8 Å². The minimum Gasteiger partial charge on any atom is -0.327 e. The lowest BCUT2D eigenvalue weighted by molar-refractivity contribution is 0.00575. The van der Waals surface area contributed by atoms with E-state index in [1.54, 1.807) is 13.0 Å². The summed E-state index contributed by atoms with van der Waals surface area (Å²) >= 11 is 0. The summed E-state index contributed by atoms with van der Waals surface area (Å²) in [7, 11) is 2.92. The minimum atomic E-state index is -3.23. The zero-order valence-electron chi connectivity index (χ0n) is 16.9. The molecule has 0 saturated heterocycles. The standard InChI is InChI=1S/C20H30BF2NO2S/c1-12-7-10-18(21)17(9-8-16(24)11-20(5,22)23)19(12)14(3)13(2)15(4)27(6,25)26/h7,10,13,15-16H,3,8-9,11,24H2,1-2,4-6H3. The van der Waals surface area contributed by atoms with Gasteiger partial charge in [-0.1, -0.05) is 31.1 Å². The SMILES string of the molecule is [B]c1ccc(C)c(C(=C)C(C)C(C)S(C)(=O)=O)c1CCC(N)CC(C)(F)F. The Hall–Kier alpha value is -1.21. The molecule has 0 fully saturated rings. The van der Waals surface area contributed by atoms with E-state index in [2.05, 4.69) is 6.58 Å². The first-order valence-electron chi connectivity index (χ1n) is 9.04. The van der Waals surface area contributed by atoms with Crippen LogP contribution in [0.5, 0.6) is 0 Å². The molecule has 27 heavy (non-hydrogen) atoms. The highest BCUT2D eigenvalue weighted by Crippen LogP contribution is 2.32. The third kappa shape index (κ3) is 6.72. The van der Waals surface area contributed by atoms with E-state index in [0.717, 1.165) is 23.6 Å². The largest absolute Gasteiger partial charge is 0.327 e.